The van der Waals surface area contributed by atoms with E-state index in [0.29, 0.717) is 12.5 Å². The smallest absolute Gasteiger partial charge is 0.230 e. The molecular weight excluding hydrogens is 322 g/mol. The highest BCUT2D eigenvalue weighted by Gasteiger charge is 2.48. The highest BCUT2D eigenvalue weighted by atomic mass is 32.1. The maximum Gasteiger partial charge on any atom is 0.230 e. The van der Waals surface area contributed by atoms with Gasteiger partial charge in [0.05, 0.1) is 35.2 Å². The lowest BCUT2D eigenvalue weighted by atomic mass is 9.78. The minimum atomic E-state index is -0.187. The van der Waals surface area contributed by atoms with Crippen LogP contribution in [0.5, 0.6) is 0 Å². The lowest BCUT2D eigenvalue weighted by molar-refractivity contribution is -0.139. The largest absolute Gasteiger partial charge is 0.472 e. The van der Waals surface area contributed by atoms with Crippen molar-refractivity contribution in [3.63, 3.8) is 0 Å². The molecule has 0 bridgehead atoms. The van der Waals surface area contributed by atoms with E-state index < -0.39 is 0 Å². The van der Waals surface area contributed by atoms with E-state index in [1.54, 1.807) is 23.9 Å². The number of furan rings is 1. The van der Waals surface area contributed by atoms with Crippen molar-refractivity contribution < 1.29 is 9.21 Å². The van der Waals surface area contributed by atoms with Crippen molar-refractivity contribution in [1.29, 1.82) is 0 Å². The summed E-state index contributed by atoms with van der Waals surface area (Å²) in [6.07, 6.45) is 6.59. The van der Waals surface area contributed by atoms with Crippen LogP contribution in [0, 0.1) is 12.3 Å². The van der Waals surface area contributed by atoms with Gasteiger partial charge in [0.15, 0.2) is 0 Å². The summed E-state index contributed by atoms with van der Waals surface area (Å²) in [5.41, 5.74) is 2.02. The van der Waals surface area contributed by atoms with Crippen LogP contribution in [0.3, 0.4) is 0 Å². The Morgan fingerprint density at radius 3 is 3.00 bits per heavy atom. The molecule has 6 heteroatoms. The maximum atomic E-state index is 13.1. The number of rotatable bonds is 4. The van der Waals surface area contributed by atoms with Gasteiger partial charge in [-0.3, -0.25) is 9.69 Å². The number of aryl methyl sites for hydroxylation is 1. The predicted octanol–water partition coefficient (Wildman–Crippen LogP) is 3.06. The fourth-order valence-corrected chi connectivity index (χ4v) is 4.71. The summed E-state index contributed by atoms with van der Waals surface area (Å²) in [6.45, 7) is 6.32. The molecule has 2 aliphatic heterocycles. The molecule has 0 N–H and O–H groups in total. The number of piperidine rings is 1. The Morgan fingerprint density at radius 1 is 1.33 bits per heavy atom. The lowest BCUT2D eigenvalue weighted by Gasteiger charge is -2.38. The normalized spacial score (nSPS) is 25.0. The van der Waals surface area contributed by atoms with Gasteiger partial charge in [-0.25, -0.2) is 4.98 Å². The first-order valence-corrected chi connectivity index (χ1v) is 9.46. The standard InChI is InChI=1S/C18H23N3O2S/c1-14-19-16(12-24-14)10-21-7-5-18(17(21)22)4-2-6-20(13-18)9-15-3-8-23-11-15/h3,8,11-12H,2,4-7,9-10,13H2,1H3/t18-/m0/s1. The average molecular weight is 345 g/mol. The van der Waals surface area contributed by atoms with E-state index >= 15 is 0 Å². The highest BCUT2D eigenvalue weighted by Crippen LogP contribution is 2.41. The fraction of sp³-hybridized carbons (Fsp3) is 0.556. The van der Waals surface area contributed by atoms with Crippen molar-refractivity contribution in [3.8, 4) is 0 Å². The number of aromatic nitrogens is 1. The molecule has 0 aliphatic carbocycles. The van der Waals surface area contributed by atoms with E-state index in [1.165, 1.54) is 5.56 Å². The minimum Gasteiger partial charge on any atom is -0.472 e. The van der Waals surface area contributed by atoms with Crippen molar-refractivity contribution >= 4 is 17.2 Å². The van der Waals surface area contributed by atoms with E-state index in [1.807, 2.05) is 17.9 Å². The molecule has 128 valence electrons. The van der Waals surface area contributed by atoms with Crippen LogP contribution in [0.15, 0.2) is 28.4 Å². The second-order valence-electron chi connectivity index (χ2n) is 7.06. The van der Waals surface area contributed by atoms with Crippen molar-refractivity contribution in [2.45, 2.75) is 39.3 Å². The van der Waals surface area contributed by atoms with Crippen LogP contribution >= 0.6 is 11.3 Å². The first-order valence-electron chi connectivity index (χ1n) is 8.58. The number of hydrogen-bond acceptors (Lipinski definition) is 5. The minimum absolute atomic E-state index is 0.187. The average Bonchev–Trinajstić information content (AvgIpc) is 3.28. The number of carbonyl (C=O) groups is 1. The molecule has 4 rings (SSSR count). The Morgan fingerprint density at radius 2 is 2.25 bits per heavy atom. The summed E-state index contributed by atoms with van der Waals surface area (Å²) < 4.78 is 5.17. The molecule has 24 heavy (non-hydrogen) atoms. The molecule has 0 unspecified atom stereocenters. The SMILES string of the molecule is Cc1nc(CN2CC[C@]3(CCCN(Cc4ccoc4)C3)C2=O)cs1. The molecule has 4 heterocycles. The molecule has 0 saturated carbocycles. The van der Waals surface area contributed by atoms with Crippen LogP contribution in [0.25, 0.3) is 0 Å². The van der Waals surface area contributed by atoms with Gasteiger partial charge in [0, 0.05) is 30.6 Å². The maximum absolute atomic E-state index is 13.1. The first kappa shape index (κ1) is 15.8. The molecule has 1 atom stereocenters. The second kappa shape index (κ2) is 6.33. The number of hydrogen-bond donors (Lipinski definition) is 0. The molecule has 0 radical (unpaired) electrons. The topological polar surface area (TPSA) is 49.6 Å². The Labute approximate surface area is 146 Å². The first-order chi connectivity index (χ1) is 11.6. The summed E-state index contributed by atoms with van der Waals surface area (Å²) >= 11 is 1.65. The monoisotopic (exact) mass is 345 g/mol. The molecular formula is C18H23N3O2S. The Hall–Kier alpha value is -1.66. The Bertz CT molecular complexity index is 712. The second-order valence-corrected chi connectivity index (χ2v) is 8.12. The molecule has 2 fully saturated rings. The zero-order valence-electron chi connectivity index (χ0n) is 14.0. The number of thiazole rings is 1. The van der Waals surface area contributed by atoms with E-state index in [0.717, 1.165) is 56.1 Å². The van der Waals surface area contributed by atoms with E-state index in [-0.39, 0.29) is 5.41 Å². The Balaban J connectivity index is 1.43. The van der Waals surface area contributed by atoms with Crippen LogP contribution in [-0.4, -0.2) is 40.3 Å². The van der Waals surface area contributed by atoms with Crippen molar-refractivity contribution in [2.75, 3.05) is 19.6 Å². The lowest BCUT2D eigenvalue weighted by Crippen LogP contribution is -2.47. The summed E-state index contributed by atoms with van der Waals surface area (Å²) in [5, 5.41) is 3.13. The van der Waals surface area contributed by atoms with Gasteiger partial charge in [-0.2, -0.15) is 0 Å². The van der Waals surface area contributed by atoms with Crippen LogP contribution in [0.2, 0.25) is 0 Å². The highest BCUT2D eigenvalue weighted by molar-refractivity contribution is 7.09. The summed E-state index contributed by atoms with van der Waals surface area (Å²) in [7, 11) is 0. The Kier molecular flexibility index (Phi) is 4.18. The van der Waals surface area contributed by atoms with E-state index in [4.69, 9.17) is 4.42 Å². The molecule has 2 aromatic heterocycles. The van der Waals surface area contributed by atoms with Gasteiger partial charge in [-0.1, -0.05) is 0 Å². The third-order valence-electron chi connectivity index (χ3n) is 5.26. The number of likely N-dealkylation sites (tertiary alicyclic amines) is 2. The summed E-state index contributed by atoms with van der Waals surface area (Å²) in [5.74, 6) is 0.324. The van der Waals surface area contributed by atoms with Crippen molar-refractivity contribution in [1.82, 2.24) is 14.8 Å². The fourth-order valence-electron chi connectivity index (χ4n) is 4.10. The van der Waals surface area contributed by atoms with Crippen LogP contribution in [-0.2, 0) is 17.9 Å². The van der Waals surface area contributed by atoms with Gasteiger partial charge in [0.1, 0.15) is 0 Å². The van der Waals surface area contributed by atoms with Gasteiger partial charge in [0.25, 0.3) is 0 Å². The summed E-state index contributed by atoms with van der Waals surface area (Å²) in [6, 6.07) is 2.01. The molecule has 2 aromatic rings. The number of nitrogens with zero attached hydrogens (tertiary/aromatic N) is 3. The van der Waals surface area contributed by atoms with E-state index in [9.17, 15) is 4.79 Å². The molecule has 1 amide bonds. The van der Waals surface area contributed by atoms with E-state index in [2.05, 4.69) is 15.3 Å². The molecule has 1 spiro atoms. The zero-order chi connectivity index (χ0) is 16.6. The predicted molar refractivity (Wildman–Crippen MR) is 92.5 cm³/mol. The van der Waals surface area contributed by atoms with Crippen molar-refractivity contribution in [2.24, 2.45) is 5.41 Å². The molecule has 0 aromatic carbocycles. The van der Waals surface area contributed by atoms with Gasteiger partial charge in [-0.05, 0) is 38.8 Å². The van der Waals surface area contributed by atoms with Gasteiger partial charge < -0.3 is 9.32 Å². The number of carbonyl (C=O) groups excluding carboxylic acids is 1. The summed E-state index contributed by atoms with van der Waals surface area (Å²) in [4.78, 5) is 22.0. The van der Waals surface area contributed by atoms with Gasteiger partial charge >= 0.3 is 0 Å². The van der Waals surface area contributed by atoms with Gasteiger partial charge in [-0.15, -0.1) is 11.3 Å². The third kappa shape index (κ3) is 3.00. The molecule has 2 aliphatic rings. The van der Waals surface area contributed by atoms with Crippen LogP contribution in [0.4, 0.5) is 0 Å². The van der Waals surface area contributed by atoms with Crippen LogP contribution < -0.4 is 0 Å². The molecule has 2 saturated heterocycles. The third-order valence-corrected chi connectivity index (χ3v) is 6.09. The van der Waals surface area contributed by atoms with Crippen LogP contribution in [0.1, 0.15) is 35.5 Å². The van der Waals surface area contributed by atoms with Crippen molar-refractivity contribution in [3.05, 3.63) is 40.2 Å². The zero-order valence-corrected chi connectivity index (χ0v) is 14.8. The molecule has 5 nitrogen and oxygen atoms in total. The van der Waals surface area contributed by atoms with Gasteiger partial charge in [0.2, 0.25) is 5.91 Å². The number of amides is 1. The quantitative estimate of drug-likeness (QED) is 0.854.